The third kappa shape index (κ3) is 2.70. The largest absolute Gasteiger partial charge is 0.322 e. The van der Waals surface area contributed by atoms with Crippen molar-refractivity contribution in [2.24, 2.45) is 5.92 Å². The van der Waals surface area contributed by atoms with Crippen LogP contribution in [-0.4, -0.2) is 23.3 Å². The normalized spacial score (nSPS) is 16.1. The minimum absolute atomic E-state index is 0.198. The number of aromatic nitrogens is 1. The Kier molecular flexibility index (Phi) is 3.33. The molecule has 0 atom stereocenters. The van der Waals surface area contributed by atoms with Crippen LogP contribution in [0.25, 0.3) is 0 Å². The van der Waals surface area contributed by atoms with E-state index in [9.17, 15) is 9.59 Å². The Hall–Kier alpha value is -2.69. The van der Waals surface area contributed by atoms with Gasteiger partial charge in [0.25, 0.3) is 5.91 Å². The molecule has 2 aliphatic rings. The Labute approximate surface area is 134 Å². The standard InChI is InChI=1S/C18H17N3O2/c22-17(14-2-1-8-19-11-14)20-15-6-5-12-7-9-21(16(12)10-15)18(23)13-3-4-13/h1-2,5-6,8,10-11,13H,3-4,7,9H2,(H,20,22). The van der Waals surface area contributed by atoms with Gasteiger partial charge in [-0.05, 0) is 49.1 Å². The van der Waals surface area contributed by atoms with Crippen LogP contribution in [0.3, 0.4) is 0 Å². The molecule has 1 aliphatic carbocycles. The van der Waals surface area contributed by atoms with Crippen LogP contribution in [0.2, 0.25) is 0 Å². The number of amides is 2. The van der Waals surface area contributed by atoms with Crippen LogP contribution in [0.1, 0.15) is 28.8 Å². The van der Waals surface area contributed by atoms with Crippen LogP contribution in [0.4, 0.5) is 11.4 Å². The number of anilines is 2. The average Bonchev–Trinajstić information content (AvgIpc) is 3.35. The molecular formula is C18H17N3O2. The second-order valence-corrected chi connectivity index (χ2v) is 6.05. The number of rotatable bonds is 3. The van der Waals surface area contributed by atoms with E-state index >= 15 is 0 Å². The maximum atomic E-state index is 12.4. The first-order chi connectivity index (χ1) is 11.2. The number of benzene rings is 1. The second-order valence-electron chi connectivity index (χ2n) is 6.05. The highest BCUT2D eigenvalue weighted by atomic mass is 16.2. The van der Waals surface area contributed by atoms with E-state index in [2.05, 4.69) is 10.3 Å². The number of hydrogen-bond donors (Lipinski definition) is 1. The topological polar surface area (TPSA) is 62.3 Å². The molecule has 5 heteroatoms. The lowest BCUT2D eigenvalue weighted by Crippen LogP contribution is -2.30. The molecule has 1 aliphatic heterocycles. The number of nitrogens with one attached hydrogen (secondary N) is 1. The van der Waals surface area contributed by atoms with Gasteiger partial charge in [-0.2, -0.15) is 0 Å². The summed E-state index contributed by atoms with van der Waals surface area (Å²) in [5, 5.41) is 2.88. The lowest BCUT2D eigenvalue weighted by molar-refractivity contribution is -0.119. The van der Waals surface area contributed by atoms with Crippen molar-refractivity contribution in [3.05, 3.63) is 53.9 Å². The molecule has 1 N–H and O–H groups in total. The van der Waals surface area contributed by atoms with Gasteiger partial charge in [0.1, 0.15) is 0 Å². The lowest BCUT2D eigenvalue weighted by atomic mass is 10.1. The van der Waals surface area contributed by atoms with Crippen molar-refractivity contribution in [2.75, 3.05) is 16.8 Å². The monoisotopic (exact) mass is 307 g/mol. The third-order valence-electron chi connectivity index (χ3n) is 4.36. The Morgan fingerprint density at radius 2 is 2.09 bits per heavy atom. The van der Waals surface area contributed by atoms with Crippen LogP contribution in [-0.2, 0) is 11.2 Å². The maximum Gasteiger partial charge on any atom is 0.257 e. The zero-order valence-electron chi connectivity index (χ0n) is 12.7. The smallest absolute Gasteiger partial charge is 0.257 e. The molecule has 0 unspecified atom stereocenters. The van der Waals surface area contributed by atoms with Gasteiger partial charge in [-0.25, -0.2) is 0 Å². The van der Waals surface area contributed by atoms with Gasteiger partial charge in [0.15, 0.2) is 0 Å². The van der Waals surface area contributed by atoms with Crippen molar-refractivity contribution < 1.29 is 9.59 Å². The summed E-state index contributed by atoms with van der Waals surface area (Å²) in [5.74, 6) is 0.227. The van der Waals surface area contributed by atoms with E-state index < -0.39 is 0 Å². The summed E-state index contributed by atoms with van der Waals surface area (Å²) in [7, 11) is 0. The molecule has 4 rings (SSSR count). The molecule has 1 aromatic heterocycles. The zero-order valence-corrected chi connectivity index (χ0v) is 12.7. The van der Waals surface area contributed by atoms with Crippen molar-refractivity contribution in [3.8, 4) is 0 Å². The molecule has 23 heavy (non-hydrogen) atoms. The first-order valence-corrected chi connectivity index (χ1v) is 7.88. The van der Waals surface area contributed by atoms with Crippen LogP contribution >= 0.6 is 0 Å². The Balaban J connectivity index is 1.56. The van der Waals surface area contributed by atoms with Gasteiger partial charge < -0.3 is 10.2 Å². The molecule has 116 valence electrons. The molecular weight excluding hydrogens is 290 g/mol. The fourth-order valence-electron chi connectivity index (χ4n) is 2.94. The molecule has 1 aromatic carbocycles. The SMILES string of the molecule is O=C(Nc1ccc2c(c1)N(C(=O)C1CC1)CC2)c1cccnc1. The molecule has 0 radical (unpaired) electrons. The van der Waals surface area contributed by atoms with E-state index in [-0.39, 0.29) is 17.7 Å². The van der Waals surface area contributed by atoms with E-state index in [4.69, 9.17) is 0 Å². The van der Waals surface area contributed by atoms with Gasteiger partial charge in [0, 0.05) is 36.2 Å². The van der Waals surface area contributed by atoms with Crippen molar-refractivity contribution in [1.82, 2.24) is 4.98 Å². The van der Waals surface area contributed by atoms with E-state index in [1.54, 1.807) is 18.3 Å². The van der Waals surface area contributed by atoms with Gasteiger partial charge in [-0.3, -0.25) is 14.6 Å². The highest BCUT2D eigenvalue weighted by molar-refractivity contribution is 6.05. The fraction of sp³-hybridized carbons (Fsp3) is 0.278. The molecule has 2 heterocycles. The van der Waals surface area contributed by atoms with Crippen molar-refractivity contribution in [2.45, 2.75) is 19.3 Å². The van der Waals surface area contributed by atoms with Gasteiger partial charge in [-0.15, -0.1) is 0 Å². The van der Waals surface area contributed by atoms with E-state index in [1.165, 1.54) is 11.8 Å². The minimum Gasteiger partial charge on any atom is -0.322 e. The molecule has 2 amide bonds. The van der Waals surface area contributed by atoms with Gasteiger partial charge in [-0.1, -0.05) is 6.07 Å². The van der Waals surface area contributed by atoms with E-state index in [0.29, 0.717) is 11.3 Å². The highest BCUT2D eigenvalue weighted by Crippen LogP contribution is 2.37. The summed E-state index contributed by atoms with van der Waals surface area (Å²) in [6.07, 6.45) is 6.05. The van der Waals surface area contributed by atoms with E-state index in [1.807, 2.05) is 23.1 Å². The first-order valence-electron chi connectivity index (χ1n) is 7.88. The summed E-state index contributed by atoms with van der Waals surface area (Å²) >= 11 is 0. The molecule has 0 saturated heterocycles. The molecule has 1 fully saturated rings. The van der Waals surface area contributed by atoms with Crippen LogP contribution in [0, 0.1) is 5.92 Å². The second kappa shape index (κ2) is 5.50. The number of carbonyl (C=O) groups is 2. The zero-order chi connectivity index (χ0) is 15.8. The average molecular weight is 307 g/mol. The predicted octanol–water partition coefficient (Wildman–Crippen LogP) is 2.63. The summed E-state index contributed by atoms with van der Waals surface area (Å²) in [6.45, 7) is 0.741. The third-order valence-corrected chi connectivity index (χ3v) is 4.36. The molecule has 0 bridgehead atoms. The molecule has 1 saturated carbocycles. The minimum atomic E-state index is -0.198. The van der Waals surface area contributed by atoms with Crippen molar-refractivity contribution in [1.29, 1.82) is 0 Å². The summed E-state index contributed by atoms with van der Waals surface area (Å²) in [5.41, 5.74) is 3.32. The number of nitrogens with zero attached hydrogens (tertiary/aromatic N) is 2. The Bertz CT molecular complexity index is 769. The molecule has 2 aromatic rings. The van der Waals surface area contributed by atoms with Crippen LogP contribution in [0.15, 0.2) is 42.7 Å². The lowest BCUT2D eigenvalue weighted by Gasteiger charge is -2.18. The van der Waals surface area contributed by atoms with E-state index in [0.717, 1.165) is 31.5 Å². The van der Waals surface area contributed by atoms with Crippen LogP contribution in [0.5, 0.6) is 0 Å². The predicted molar refractivity (Wildman–Crippen MR) is 87.4 cm³/mol. The van der Waals surface area contributed by atoms with Crippen molar-refractivity contribution >= 4 is 23.2 Å². The Morgan fingerprint density at radius 3 is 2.83 bits per heavy atom. The summed E-state index contributed by atoms with van der Waals surface area (Å²) in [6, 6.07) is 9.23. The number of fused-ring (bicyclic) bond motifs is 1. The van der Waals surface area contributed by atoms with Gasteiger partial charge in [0.2, 0.25) is 5.91 Å². The van der Waals surface area contributed by atoms with Gasteiger partial charge in [0.05, 0.1) is 5.56 Å². The maximum absolute atomic E-state index is 12.4. The number of hydrogen-bond acceptors (Lipinski definition) is 3. The quantitative estimate of drug-likeness (QED) is 0.948. The van der Waals surface area contributed by atoms with Gasteiger partial charge >= 0.3 is 0 Å². The van der Waals surface area contributed by atoms with Crippen molar-refractivity contribution in [3.63, 3.8) is 0 Å². The van der Waals surface area contributed by atoms with Crippen LogP contribution < -0.4 is 10.2 Å². The summed E-state index contributed by atoms with van der Waals surface area (Å²) < 4.78 is 0. The molecule has 0 spiro atoms. The number of carbonyl (C=O) groups excluding carboxylic acids is 2. The highest BCUT2D eigenvalue weighted by Gasteiger charge is 2.36. The fourth-order valence-corrected chi connectivity index (χ4v) is 2.94. The Morgan fingerprint density at radius 1 is 1.22 bits per heavy atom. The molecule has 5 nitrogen and oxygen atoms in total. The number of pyridine rings is 1. The first kappa shape index (κ1) is 13.9. The summed E-state index contributed by atoms with van der Waals surface area (Å²) in [4.78, 5) is 30.4.